The molecule has 0 bridgehead atoms. The van der Waals surface area contributed by atoms with Crippen LogP contribution in [0.25, 0.3) is 10.9 Å². The van der Waals surface area contributed by atoms with Crippen molar-refractivity contribution in [2.24, 2.45) is 5.73 Å². The van der Waals surface area contributed by atoms with Gasteiger partial charge in [0.05, 0.1) is 11.6 Å². The van der Waals surface area contributed by atoms with Crippen LogP contribution in [-0.2, 0) is 0 Å². The van der Waals surface area contributed by atoms with Crippen molar-refractivity contribution in [2.75, 3.05) is 0 Å². The summed E-state index contributed by atoms with van der Waals surface area (Å²) >= 11 is 0. The summed E-state index contributed by atoms with van der Waals surface area (Å²) in [5, 5.41) is 10.9. The van der Waals surface area contributed by atoms with Gasteiger partial charge < -0.3 is 10.8 Å². The maximum atomic E-state index is 9.94. The smallest absolute Gasteiger partial charge is 0.0944 e. The zero-order chi connectivity index (χ0) is 10.8. The van der Waals surface area contributed by atoms with Crippen molar-refractivity contribution in [1.82, 2.24) is 4.98 Å². The number of hydrogen-bond acceptors (Lipinski definition) is 3. The van der Waals surface area contributed by atoms with Gasteiger partial charge in [-0.3, -0.25) is 4.98 Å². The van der Waals surface area contributed by atoms with Crippen molar-refractivity contribution < 1.29 is 5.11 Å². The Bertz CT molecular complexity index is 463. The van der Waals surface area contributed by atoms with Gasteiger partial charge in [-0.05, 0) is 24.6 Å². The largest absolute Gasteiger partial charge is 0.387 e. The molecular weight excluding hydrogens is 188 g/mol. The molecule has 2 aromatic rings. The van der Waals surface area contributed by atoms with E-state index in [4.69, 9.17) is 5.73 Å². The minimum atomic E-state index is -0.641. The van der Waals surface area contributed by atoms with E-state index in [0.717, 1.165) is 16.5 Å². The maximum absolute atomic E-state index is 9.94. The van der Waals surface area contributed by atoms with E-state index in [0.29, 0.717) is 0 Å². The van der Waals surface area contributed by atoms with Gasteiger partial charge in [0, 0.05) is 17.6 Å². The van der Waals surface area contributed by atoms with Gasteiger partial charge in [0.2, 0.25) is 0 Å². The molecule has 2 atom stereocenters. The van der Waals surface area contributed by atoms with Crippen LogP contribution in [0.4, 0.5) is 0 Å². The molecule has 0 unspecified atom stereocenters. The Kier molecular flexibility index (Phi) is 2.66. The minimum absolute atomic E-state index is 0.282. The number of hydrogen-bond donors (Lipinski definition) is 2. The number of benzene rings is 1. The molecule has 3 heteroatoms. The molecule has 15 heavy (non-hydrogen) atoms. The number of fused-ring (bicyclic) bond motifs is 1. The molecule has 0 saturated carbocycles. The highest BCUT2D eigenvalue weighted by atomic mass is 16.3. The van der Waals surface area contributed by atoms with Crippen molar-refractivity contribution in [1.29, 1.82) is 0 Å². The van der Waals surface area contributed by atoms with E-state index in [1.165, 1.54) is 0 Å². The number of aromatic nitrogens is 1. The van der Waals surface area contributed by atoms with E-state index in [-0.39, 0.29) is 6.04 Å². The standard InChI is InChI=1S/C12H14N2O/c1-8(13)12(15)10-4-2-6-11-9(10)5-3-7-14-11/h2-8,12,15H,13H2,1H3/t8-,12-/m0/s1. The molecule has 1 aromatic carbocycles. The van der Waals surface area contributed by atoms with Crippen LogP contribution in [0.2, 0.25) is 0 Å². The molecule has 0 aliphatic heterocycles. The summed E-state index contributed by atoms with van der Waals surface area (Å²) in [5.41, 5.74) is 7.42. The lowest BCUT2D eigenvalue weighted by molar-refractivity contribution is 0.155. The second-order valence-corrected chi connectivity index (χ2v) is 3.72. The van der Waals surface area contributed by atoms with Crippen molar-refractivity contribution in [3.63, 3.8) is 0 Å². The molecule has 0 aliphatic rings. The molecule has 0 amide bonds. The van der Waals surface area contributed by atoms with Crippen molar-refractivity contribution >= 4 is 10.9 Å². The highest BCUT2D eigenvalue weighted by Gasteiger charge is 2.14. The molecule has 0 spiro atoms. The lowest BCUT2D eigenvalue weighted by Crippen LogP contribution is -2.24. The van der Waals surface area contributed by atoms with Gasteiger partial charge in [0.25, 0.3) is 0 Å². The van der Waals surface area contributed by atoms with E-state index < -0.39 is 6.10 Å². The molecule has 1 aromatic heterocycles. The average molecular weight is 202 g/mol. The fourth-order valence-corrected chi connectivity index (χ4v) is 1.67. The lowest BCUT2D eigenvalue weighted by atomic mass is 9.99. The summed E-state index contributed by atoms with van der Waals surface area (Å²) in [7, 11) is 0. The second-order valence-electron chi connectivity index (χ2n) is 3.72. The van der Waals surface area contributed by atoms with Gasteiger partial charge in [0.1, 0.15) is 0 Å². The van der Waals surface area contributed by atoms with E-state index >= 15 is 0 Å². The number of aliphatic hydroxyl groups excluding tert-OH is 1. The Morgan fingerprint density at radius 2 is 2.07 bits per heavy atom. The molecular formula is C12H14N2O. The Morgan fingerprint density at radius 1 is 1.27 bits per heavy atom. The van der Waals surface area contributed by atoms with Crippen LogP contribution in [0.5, 0.6) is 0 Å². The van der Waals surface area contributed by atoms with Crippen LogP contribution < -0.4 is 5.73 Å². The van der Waals surface area contributed by atoms with E-state index in [9.17, 15) is 5.11 Å². The highest BCUT2D eigenvalue weighted by molar-refractivity contribution is 5.82. The fraction of sp³-hybridized carbons (Fsp3) is 0.250. The van der Waals surface area contributed by atoms with E-state index in [1.54, 1.807) is 13.1 Å². The monoisotopic (exact) mass is 202 g/mol. The van der Waals surface area contributed by atoms with Crippen molar-refractivity contribution in [2.45, 2.75) is 19.1 Å². The van der Waals surface area contributed by atoms with E-state index in [2.05, 4.69) is 4.98 Å². The number of nitrogens with two attached hydrogens (primary N) is 1. The van der Waals surface area contributed by atoms with Crippen molar-refractivity contribution in [3.8, 4) is 0 Å². The fourth-order valence-electron chi connectivity index (χ4n) is 1.67. The van der Waals surface area contributed by atoms with Gasteiger partial charge in [-0.25, -0.2) is 0 Å². The number of nitrogens with zero attached hydrogens (tertiary/aromatic N) is 1. The average Bonchev–Trinajstić information content (AvgIpc) is 2.27. The summed E-state index contributed by atoms with van der Waals surface area (Å²) < 4.78 is 0. The summed E-state index contributed by atoms with van der Waals surface area (Å²) in [4.78, 5) is 4.23. The van der Waals surface area contributed by atoms with Crippen LogP contribution in [0.3, 0.4) is 0 Å². The summed E-state index contributed by atoms with van der Waals surface area (Å²) in [6, 6.07) is 9.22. The molecule has 78 valence electrons. The first-order valence-electron chi connectivity index (χ1n) is 4.97. The zero-order valence-corrected chi connectivity index (χ0v) is 8.59. The van der Waals surface area contributed by atoms with Crippen LogP contribution in [0.1, 0.15) is 18.6 Å². The summed E-state index contributed by atoms with van der Waals surface area (Å²) in [6.07, 6.45) is 1.10. The normalized spacial score (nSPS) is 15.1. The first-order valence-corrected chi connectivity index (χ1v) is 4.97. The van der Waals surface area contributed by atoms with Gasteiger partial charge in [-0.2, -0.15) is 0 Å². The summed E-state index contributed by atoms with van der Waals surface area (Å²) in [5.74, 6) is 0. The van der Waals surface area contributed by atoms with Gasteiger partial charge >= 0.3 is 0 Å². The Balaban J connectivity index is 2.60. The molecule has 0 aliphatic carbocycles. The van der Waals surface area contributed by atoms with Crippen LogP contribution in [0, 0.1) is 0 Å². The summed E-state index contributed by atoms with van der Waals surface area (Å²) in [6.45, 7) is 1.79. The third kappa shape index (κ3) is 1.84. The molecule has 0 fully saturated rings. The van der Waals surface area contributed by atoms with E-state index in [1.807, 2.05) is 30.3 Å². The molecule has 0 radical (unpaired) electrons. The van der Waals surface area contributed by atoms with Gasteiger partial charge in [-0.15, -0.1) is 0 Å². The second kappa shape index (κ2) is 3.96. The SMILES string of the molecule is C[C@H](N)[C@H](O)c1cccc2ncccc12. The zero-order valence-electron chi connectivity index (χ0n) is 8.59. The van der Waals surface area contributed by atoms with Gasteiger partial charge in [0.15, 0.2) is 0 Å². The minimum Gasteiger partial charge on any atom is -0.387 e. The molecule has 3 N–H and O–H groups in total. The number of rotatable bonds is 2. The Labute approximate surface area is 88.6 Å². The first-order chi connectivity index (χ1) is 7.20. The maximum Gasteiger partial charge on any atom is 0.0944 e. The third-order valence-electron chi connectivity index (χ3n) is 2.50. The Morgan fingerprint density at radius 3 is 2.80 bits per heavy atom. The number of aliphatic hydroxyl groups is 1. The van der Waals surface area contributed by atoms with Crippen LogP contribution in [0.15, 0.2) is 36.5 Å². The van der Waals surface area contributed by atoms with Crippen molar-refractivity contribution in [3.05, 3.63) is 42.1 Å². The lowest BCUT2D eigenvalue weighted by Gasteiger charge is -2.16. The molecule has 3 nitrogen and oxygen atoms in total. The molecule has 1 heterocycles. The topological polar surface area (TPSA) is 59.1 Å². The predicted molar refractivity (Wildman–Crippen MR) is 60.4 cm³/mol. The van der Waals surface area contributed by atoms with Gasteiger partial charge in [-0.1, -0.05) is 18.2 Å². The highest BCUT2D eigenvalue weighted by Crippen LogP contribution is 2.24. The molecule has 0 saturated heterocycles. The number of pyridine rings is 1. The molecule has 2 rings (SSSR count). The quantitative estimate of drug-likeness (QED) is 0.778. The third-order valence-corrected chi connectivity index (χ3v) is 2.50. The Hall–Kier alpha value is -1.45. The van der Waals surface area contributed by atoms with Crippen LogP contribution >= 0.6 is 0 Å². The van der Waals surface area contributed by atoms with Crippen LogP contribution in [-0.4, -0.2) is 16.1 Å². The first kappa shape index (κ1) is 10.1. The predicted octanol–water partition coefficient (Wildman–Crippen LogP) is 1.62.